The molecule has 0 unspecified atom stereocenters. The van der Waals surface area contributed by atoms with Gasteiger partial charge in [-0.15, -0.1) is 10.2 Å². The molecule has 20 heavy (non-hydrogen) atoms. The van der Waals surface area contributed by atoms with Crippen molar-refractivity contribution in [3.8, 4) is 11.6 Å². The van der Waals surface area contributed by atoms with Gasteiger partial charge in [-0.3, -0.25) is 4.68 Å². The van der Waals surface area contributed by atoms with E-state index in [0.29, 0.717) is 17.5 Å². The molecule has 6 heteroatoms. The maximum Gasteiger partial charge on any atom is 0.268 e. The monoisotopic (exact) mass is 275 g/mol. The zero-order valence-corrected chi connectivity index (χ0v) is 12.1. The van der Waals surface area contributed by atoms with E-state index in [9.17, 15) is 0 Å². The molecule has 0 atom stereocenters. The first-order valence-electron chi connectivity index (χ1n) is 7.35. The SMILES string of the molecule is CCc1nn(C)c(-c2nnc(C3CCCCC3)o2)c1N. The Bertz CT molecular complexity index is 595. The molecule has 0 saturated heterocycles. The van der Waals surface area contributed by atoms with E-state index < -0.39 is 0 Å². The smallest absolute Gasteiger partial charge is 0.268 e. The summed E-state index contributed by atoms with van der Waals surface area (Å²) in [5, 5.41) is 12.8. The molecule has 0 radical (unpaired) electrons. The Morgan fingerprint density at radius 2 is 2.00 bits per heavy atom. The van der Waals surface area contributed by atoms with Gasteiger partial charge in [-0.1, -0.05) is 26.2 Å². The molecule has 0 spiro atoms. The molecule has 2 aromatic heterocycles. The van der Waals surface area contributed by atoms with Gasteiger partial charge < -0.3 is 10.2 Å². The zero-order chi connectivity index (χ0) is 14.1. The van der Waals surface area contributed by atoms with Crippen LogP contribution in [0.2, 0.25) is 0 Å². The first-order valence-corrected chi connectivity index (χ1v) is 7.35. The number of aromatic nitrogens is 4. The van der Waals surface area contributed by atoms with Crippen molar-refractivity contribution in [3.05, 3.63) is 11.6 Å². The van der Waals surface area contributed by atoms with E-state index in [1.165, 1.54) is 19.3 Å². The van der Waals surface area contributed by atoms with Crippen LogP contribution in [-0.2, 0) is 13.5 Å². The van der Waals surface area contributed by atoms with Gasteiger partial charge in [0.1, 0.15) is 5.69 Å². The maximum absolute atomic E-state index is 6.12. The zero-order valence-electron chi connectivity index (χ0n) is 12.1. The Morgan fingerprint density at radius 3 is 2.65 bits per heavy atom. The summed E-state index contributed by atoms with van der Waals surface area (Å²) >= 11 is 0. The molecule has 0 amide bonds. The number of rotatable bonds is 3. The van der Waals surface area contributed by atoms with Crippen LogP contribution in [0.15, 0.2) is 4.42 Å². The molecule has 1 aliphatic carbocycles. The van der Waals surface area contributed by atoms with E-state index in [4.69, 9.17) is 10.2 Å². The standard InChI is InChI=1S/C14H21N5O/c1-3-10-11(15)12(19(2)18-10)14-17-16-13(20-14)9-7-5-4-6-8-9/h9H,3-8,15H2,1-2H3. The molecule has 6 nitrogen and oxygen atoms in total. The van der Waals surface area contributed by atoms with Crippen LogP contribution in [0.4, 0.5) is 5.69 Å². The minimum absolute atomic E-state index is 0.407. The number of hydrogen-bond acceptors (Lipinski definition) is 5. The number of nitrogen functional groups attached to an aromatic ring is 1. The normalized spacial score (nSPS) is 16.7. The first-order chi connectivity index (χ1) is 9.70. The summed E-state index contributed by atoms with van der Waals surface area (Å²) in [5.41, 5.74) is 8.38. The van der Waals surface area contributed by atoms with Gasteiger partial charge in [0.2, 0.25) is 5.89 Å². The molecular formula is C14H21N5O. The fourth-order valence-corrected chi connectivity index (χ4v) is 2.96. The molecule has 108 valence electrons. The number of nitrogens with two attached hydrogens (primary N) is 1. The molecule has 2 heterocycles. The van der Waals surface area contributed by atoms with Crippen LogP contribution in [0.25, 0.3) is 11.6 Å². The first kappa shape index (κ1) is 13.1. The van der Waals surface area contributed by atoms with Crippen molar-refractivity contribution < 1.29 is 4.42 Å². The van der Waals surface area contributed by atoms with Crippen LogP contribution in [-0.4, -0.2) is 20.0 Å². The Hall–Kier alpha value is -1.85. The van der Waals surface area contributed by atoms with E-state index in [-0.39, 0.29) is 0 Å². The second kappa shape index (κ2) is 5.26. The van der Waals surface area contributed by atoms with Gasteiger partial charge in [-0.25, -0.2) is 0 Å². The second-order valence-electron chi connectivity index (χ2n) is 5.47. The Balaban J connectivity index is 1.91. The minimum atomic E-state index is 0.407. The maximum atomic E-state index is 6.12. The number of aryl methyl sites for hydroxylation is 2. The quantitative estimate of drug-likeness (QED) is 0.931. The van der Waals surface area contributed by atoms with Crippen molar-refractivity contribution in [3.63, 3.8) is 0 Å². The molecule has 0 aromatic carbocycles. The van der Waals surface area contributed by atoms with Crippen LogP contribution in [0, 0.1) is 0 Å². The lowest BCUT2D eigenvalue weighted by Crippen LogP contribution is -2.04. The summed E-state index contributed by atoms with van der Waals surface area (Å²) in [6.45, 7) is 2.03. The third-order valence-corrected chi connectivity index (χ3v) is 4.09. The fourth-order valence-electron chi connectivity index (χ4n) is 2.96. The van der Waals surface area contributed by atoms with E-state index in [0.717, 1.165) is 36.5 Å². The van der Waals surface area contributed by atoms with Gasteiger partial charge in [0.05, 0.1) is 11.4 Å². The van der Waals surface area contributed by atoms with Crippen molar-refractivity contribution in [2.24, 2.45) is 7.05 Å². The lowest BCUT2D eigenvalue weighted by Gasteiger charge is -2.17. The second-order valence-corrected chi connectivity index (χ2v) is 5.47. The average molecular weight is 275 g/mol. The van der Waals surface area contributed by atoms with E-state index in [2.05, 4.69) is 15.3 Å². The van der Waals surface area contributed by atoms with Crippen LogP contribution in [0.3, 0.4) is 0 Å². The summed E-state index contributed by atoms with van der Waals surface area (Å²) in [4.78, 5) is 0. The molecule has 0 bridgehead atoms. The average Bonchev–Trinajstić information content (AvgIpc) is 3.04. The van der Waals surface area contributed by atoms with Crippen molar-refractivity contribution in [2.45, 2.75) is 51.4 Å². The molecule has 2 aromatic rings. The van der Waals surface area contributed by atoms with E-state index in [1.807, 2.05) is 14.0 Å². The minimum Gasteiger partial charge on any atom is -0.419 e. The van der Waals surface area contributed by atoms with Crippen molar-refractivity contribution in [1.82, 2.24) is 20.0 Å². The van der Waals surface area contributed by atoms with Gasteiger partial charge in [0.15, 0.2) is 0 Å². The lowest BCUT2D eigenvalue weighted by atomic mass is 9.89. The topological polar surface area (TPSA) is 82.8 Å². The van der Waals surface area contributed by atoms with Gasteiger partial charge in [0, 0.05) is 13.0 Å². The fraction of sp³-hybridized carbons (Fsp3) is 0.643. The molecule has 2 N–H and O–H groups in total. The predicted molar refractivity (Wildman–Crippen MR) is 76.1 cm³/mol. The summed E-state index contributed by atoms with van der Waals surface area (Å²) in [6.07, 6.45) is 6.88. The van der Waals surface area contributed by atoms with E-state index >= 15 is 0 Å². The summed E-state index contributed by atoms with van der Waals surface area (Å²) < 4.78 is 7.59. The Morgan fingerprint density at radius 1 is 1.25 bits per heavy atom. The number of nitrogens with zero attached hydrogens (tertiary/aromatic N) is 4. The van der Waals surface area contributed by atoms with Gasteiger partial charge in [0.25, 0.3) is 5.89 Å². The molecule has 0 aliphatic heterocycles. The largest absolute Gasteiger partial charge is 0.419 e. The summed E-state index contributed by atoms with van der Waals surface area (Å²) in [5.74, 6) is 1.64. The van der Waals surface area contributed by atoms with Gasteiger partial charge in [-0.2, -0.15) is 5.10 Å². The van der Waals surface area contributed by atoms with Crippen LogP contribution < -0.4 is 5.73 Å². The third-order valence-electron chi connectivity index (χ3n) is 4.09. The Kier molecular flexibility index (Phi) is 3.46. The molecular weight excluding hydrogens is 254 g/mol. The number of hydrogen-bond donors (Lipinski definition) is 1. The van der Waals surface area contributed by atoms with E-state index in [1.54, 1.807) is 4.68 Å². The lowest BCUT2D eigenvalue weighted by molar-refractivity contribution is 0.366. The highest BCUT2D eigenvalue weighted by Crippen LogP contribution is 2.34. The molecule has 1 saturated carbocycles. The third kappa shape index (κ3) is 2.19. The Labute approximate surface area is 118 Å². The van der Waals surface area contributed by atoms with Crippen LogP contribution in [0.1, 0.15) is 56.5 Å². The van der Waals surface area contributed by atoms with Gasteiger partial charge in [-0.05, 0) is 19.3 Å². The van der Waals surface area contributed by atoms with Crippen LogP contribution >= 0.6 is 0 Å². The highest BCUT2D eigenvalue weighted by molar-refractivity contribution is 5.68. The molecule has 3 rings (SSSR count). The predicted octanol–water partition coefficient (Wildman–Crippen LogP) is 2.66. The van der Waals surface area contributed by atoms with Gasteiger partial charge >= 0.3 is 0 Å². The van der Waals surface area contributed by atoms with Crippen molar-refractivity contribution in [2.75, 3.05) is 5.73 Å². The van der Waals surface area contributed by atoms with Crippen molar-refractivity contribution in [1.29, 1.82) is 0 Å². The highest BCUT2D eigenvalue weighted by atomic mass is 16.4. The molecule has 1 fully saturated rings. The molecule has 1 aliphatic rings. The van der Waals surface area contributed by atoms with Crippen molar-refractivity contribution >= 4 is 5.69 Å². The highest BCUT2D eigenvalue weighted by Gasteiger charge is 2.24. The summed E-state index contributed by atoms with van der Waals surface area (Å²) in [7, 11) is 1.86. The number of anilines is 1. The van der Waals surface area contributed by atoms with Crippen LogP contribution in [0.5, 0.6) is 0 Å². The summed E-state index contributed by atoms with van der Waals surface area (Å²) in [6, 6.07) is 0.